The zero-order chi connectivity index (χ0) is 15.0. The molecule has 0 saturated carbocycles. The van der Waals surface area contributed by atoms with Crippen molar-refractivity contribution in [3.8, 4) is 0 Å². The Labute approximate surface area is 122 Å². The van der Waals surface area contributed by atoms with Crippen LogP contribution in [0.15, 0.2) is 12.2 Å². The van der Waals surface area contributed by atoms with Crippen LogP contribution in [0.4, 0.5) is 0 Å². The molecule has 1 fully saturated rings. The molecule has 0 spiro atoms. The maximum Gasteiger partial charge on any atom is 0.251 e. The molecule has 1 heterocycles. The lowest BCUT2D eigenvalue weighted by atomic mass is 10.2. The minimum atomic E-state index is -0.711. The zero-order valence-electron chi connectivity index (χ0n) is 12.8. The normalized spacial score (nSPS) is 17.8. The molecule has 1 atom stereocenters. The maximum absolute atomic E-state index is 12.3. The highest BCUT2D eigenvalue weighted by Gasteiger charge is 2.23. The number of ether oxygens (including phenoxy) is 1. The van der Waals surface area contributed by atoms with Crippen LogP contribution in [0.5, 0.6) is 0 Å². The number of amides is 1. The minimum absolute atomic E-state index is 0.123. The summed E-state index contributed by atoms with van der Waals surface area (Å²) in [4.78, 5) is 16.1. The van der Waals surface area contributed by atoms with Gasteiger partial charge in [-0.15, -0.1) is 0 Å². The van der Waals surface area contributed by atoms with Crippen LogP contribution in [0.25, 0.3) is 0 Å². The highest BCUT2D eigenvalue weighted by atomic mass is 16.5. The molecule has 1 aliphatic rings. The summed E-state index contributed by atoms with van der Waals surface area (Å²) in [6.45, 7) is 12.3. The van der Waals surface area contributed by atoms with Crippen LogP contribution in [0.1, 0.15) is 33.1 Å². The van der Waals surface area contributed by atoms with Gasteiger partial charge in [-0.2, -0.15) is 0 Å². The molecule has 0 aliphatic carbocycles. The summed E-state index contributed by atoms with van der Waals surface area (Å²) in [5, 5.41) is 10.2. The molecular weight excluding hydrogens is 256 g/mol. The van der Waals surface area contributed by atoms with E-state index in [4.69, 9.17) is 4.74 Å². The molecule has 1 N–H and O–H groups in total. The largest absolute Gasteiger partial charge is 0.379 e. The Morgan fingerprint density at radius 3 is 2.60 bits per heavy atom. The van der Waals surface area contributed by atoms with Crippen molar-refractivity contribution in [2.24, 2.45) is 0 Å². The topological polar surface area (TPSA) is 53.0 Å². The van der Waals surface area contributed by atoms with Crippen molar-refractivity contribution in [1.82, 2.24) is 9.80 Å². The lowest BCUT2D eigenvalue weighted by molar-refractivity contribution is -0.138. The molecule has 1 amide bonds. The first-order valence-corrected chi connectivity index (χ1v) is 7.57. The molecule has 1 rings (SSSR count). The molecule has 5 nitrogen and oxygen atoms in total. The average molecular weight is 284 g/mol. The molecular formula is C15H28N2O3. The van der Waals surface area contributed by atoms with E-state index in [-0.39, 0.29) is 5.91 Å². The maximum atomic E-state index is 12.3. The summed E-state index contributed by atoms with van der Waals surface area (Å²) < 4.78 is 5.31. The van der Waals surface area contributed by atoms with Crippen molar-refractivity contribution in [2.75, 3.05) is 39.4 Å². The van der Waals surface area contributed by atoms with Gasteiger partial charge in [0.25, 0.3) is 5.91 Å². The summed E-state index contributed by atoms with van der Waals surface area (Å²) in [7, 11) is 0. The molecule has 20 heavy (non-hydrogen) atoms. The third kappa shape index (κ3) is 5.23. The van der Waals surface area contributed by atoms with E-state index in [1.807, 2.05) is 13.8 Å². The zero-order valence-corrected chi connectivity index (χ0v) is 12.8. The second-order valence-electron chi connectivity index (χ2n) is 5.18. The monoisotopic (exact) mass is 284 g/mol. The Kier molecular flexibility index (Phi) is 7.80. The van der Waals surface area contributed by atoms with E-state index in [0.717, 1.165) is 39.3 Å². The summed E-state index contributed by atoms with van der Waals surface area (Å²) >= 11 is 0. The SMILES string of the molecule is C=C(CC)C(=O)N(CCN1CCOCC1)C(O)CCC. The van der Waals surface area contributed by atoms with Crippen LogP contribution in [0, 0.1) is 0 Å². The van der Waals surface area contributed by atoms with Gasteiger partial charge in [-0.1, -0.05) is 26.8 Å². The average Bonchev–Trinajstić information content (AvgIpc) is 2.47. The van der Waals surface area contributed by atoms with Crippen molar-refractivity contribution in [3.05, 3.63) is 12.2 Å². The number of carbonyl (C=O) groups is 1. The van der Waals surface area contributed by atoms with Gasteiger partial charge in [0.2, 0.25) is 0 Å². The number of hydrogen-bond donors (Lipinski definition) is 1. The Hall–Kier alpha value is -0.910. The second kappa shape index (κ2) is 9.10. The third-order valence-electron chi connectivity index (χ3n) is 3.66. The first-order valence-electron chi connectivity index (χ1n) is 7.57. The second-order valence-corrected chi connectivity index (χ2v) is 5.18. The van der Waals surface area contributed by atoms with Gasteiger partial charge in [0.05, 0.1) is 13.2 Å². The number of hydrogen-bond acceptors (Lipinski definition) is 4. The summed E-state index contributed by atoms with van der Waals surface area (Å²) in [5.74, 6) is -0.123. The highest BCUT2D eigenvalue weighted by Crippen LogP contribution is 2.11. The Balaban J connectivity index is 2.56. The summed E-state index contributed by atoms with van der Waals surface area (Å²) in [6.07, 6.45) is 1.36. The van der Waals surface area contributed by atoms with Gasteiger partial charge < -0.3 is 14.7 Å². The van der Waals surface area contributed by atoms with Crippen molar-refractivity contribution >= 4 is 5.91 Å². The molecule has 0 bridgehead atoms. The standard InChI is InChI=1S/C15H28N2O3/c1-4-6-14(18)17(15(19)13(3)5-2)8-7-16-9-11-20-12-10-16/h14,18H,3-12H2,1-2H3. The molecule has 1 aliphatic heterocycles. The van der Waals surface area contributed by atoms with Crippen molar-refractivity contribution in [2.45, 2.75) is 39.3 Å². The van der Waals surface area contributed by atoms with Gasteiger partial charge in [-0.25, -0.2) is 0 Å². The van der Waals surface area contributed by atoms with E-state index in [2.05, 4.69) is 11.5 Å². The molecule has 1 saturated heterocycles. The van der Waals surface area contributed by atoms with Gasteiger partial charge in [0.1, 0.15) is 6.23 Å². The Bertz CT molecular complexity index is 314. The molecule has 1 unspecified atom stereocenters. The number of carbonyl (C=O) groups excluding carboxylic acids is 1. The summed E-state index contributed by atoms with van der Waals surface area (Å²) in [5.41, 5.74) is 0.558. The van der Waals surface area contributed by atoms with Crippen LogP contribution in [-0.2, 0) is 9.53 Å². The minimum Gasteiger partial charge on any atom is -0.379 e. The van der Waals surface area contributed by atoms with E-state index in [9.17, 15) is 9.90 Å². The van der Waals surface area contributed by atoms with Crippen molar-refractivity contribution in [1.29, 1.82) is 0 Å². The van der Waals surface area contributed by atoms with E-state index < -0.39 is 6.23 Å². The Morgan fingerprint density at radius 1 is 1.40 bits per heavy atom. The number of rotatable bonds is 8. The quantitative estimate of drug-likeness (QED) is 0.538. The van der Waals surface area contributed by atoms with Gasteiger partial charge in [0.15, 0.2) is 0 Å². The number of morpholine rings is 1. The number of aliphatic hydroxyl groups is 1. The van der Waals surface area contributed by atoms with E-state index in [1.54, 1.807) is 4.90 Å². The van der Waals surface area contributed by atoms with Gasteiger partial charge in [-0.3, -0.25) is 9.69 Å². The molecule has 5 heteroatoms. The van der Waals surface area contributed by atoms with Gasteiger partial charge >= 0.3 is 0 Å². The molecule has 0 aromatic heterocycles. The number of nitrogens with zero attached hydrogens (tertiary/aromatic N) is 2. The van der Waals surface area contributed by atoms with E-state index in [1.165, 1.54) is 0 Å². The highest BCUT2D eigenvalue weighted by molar-refractivity contribution is 5.92. The van der Waals surface area contributed by atoms with Crippen LogP contribution >= 0.6 is 0 Å². The molecule has 116 valence electrons. The summed E-state index contributed by atoms with van der Waals surface area (Å²) in [6, 6.07) is 0. The van der Waals surface area contributed by atoms with Crippen molar-refractivity contribution in [3.63, 3.8) is 0 Å². The van der Waals surface area contributed by atoms with Gasteiger partial charge in [-0.05, 0) is 12.8 Å². The van der Waals surface area contributed by atoms with E-state index in [0.29, 0.717) is 25.0 Å². The predicted octanol–water partition coefficient (Wildman–Crippen LogP) is 1.23. The third-order valence-corrected chi connectivity index (χ3v) is 3.66. The van der Waals surface area contributed by atoms with Crippen molar-refractivity contribution < 1.29 is 14.6 Å². The van der Waals surface area contributed by atoms with Crippen LogP contribution in [0.3, 0.4) is 0 Å². The lowest BCUT2D eigenvalue weighted by Crippen LogP contribution is -2.47. The fraction of sp³-hybridized carbons (Fsp3) is 0.800. The predicted molar refractivity (Wildman–Crippen MR) is 79.3 cm³/mol. The fourth-order valence-corrected chi connectivity index (χ4v) is 2.23. The Morgan fingerprint density at radius 2 is 2.05 bits per heavy atom. The molecule has 0 aromatic carbocycles. The lowest BCUT2D eigenvalue weighted by Gasteiger charge is -2.32. The van der Waals surface area contributed by atoms with E-state index >= 15 is 0 Å². The van der Waals surface area contributed by atoms with Gasteiger partial charge in [0, 0.05) is 31.8 Å². The molecule has 0 radical (unpaired) electrons. The smallest absolute Gasteiger partial charge is 0.251 e. The number of aliphatic hydroxyl groups excluding tert-OH is 1. The van der Waals surface area contributed by atoms with Crippen LogP contribution in [0.2, 0.25) is 0 Å². The first-order chi connectivity index (χ1) is 9.60. The van der Waals surface area contributed by atoms with Crippen LogP contribution < -0.4 is 0 Å². The van der Waals surface area contributed by atoms with Crippen LogP contribution in [-0.4, -0.2) is 66.4 Å². The first kappa shape index (κ1) is 17.1. The fourth-order valence-electron chi connectivity index (χ4n) is 2.23. The molecule has 0 aromatic rings.